The van der Waals surface area contributed by atoms with Crippen LogP contribution in [0.25, 0.3) is 10.2 Å². The van der Waals surface area contributed by atoms with E-state index >= 15 is 0 Å². The van der Waals surface area contributed by atoms with Gasteiger partial charge in [0, 0.05) is 25.3 Å². The van der Waals surface area contributed by atoms with Gasteiger partial charge in [-0.1, -0.05) is 36.0 Å². The van der Waals surface area contributed by atoms with Crippen LogP contribution in [0.4, 0.5) is 0 Å². The Kier molecular flexibility index (Phi) is 4.90. The third-order valence-electron chi connectivity index (χ3n) is 3.17. The molecule has 110 valence electrons. The van der Waals surface area contributed by atoms with E-state index in [0.29, 0.717) is 6.42 Å². The summed E-state index contributed by atoms with van der Waals surface area (Å²) in [7, 11) is 0. The van der Waals surface area contributed by atoms with E-state index < -0.39 is 0 Å². The molecule has 1 aliphatic rings. The van der Waals surface area contributed by atoms with Gasteiger partial charge >= 0.3 is 0 Å². The number of thioether (sulfide) groups is 1. The largest absolute Gasteiger partial charge is 0.349 e. The Hall–Kier alpha value is -1.37. The van der Waals surface area contributed by atoms with Crippen molar-refractivity contribution in [2.24, 2.45) is 0 Å². The van der Waals surface area contributed by atoms with Crippen LogP contribution >= 0.6 is 23.1 Å². The summed E-state index contributed by atoms with van der Waals surface area (Å²) in [6.45, 7) is 1.70. The zero-order valence-corrected chi connectivity index (χ0v) is 13.2. The van der Waals surface area contributed by atoms with Gasteiger partial charge in [0.25, 0.3) is 0 Å². The van der Waals surface area contributed by atoms with Crippen LogP contribution in [-0.2, 0) is 4.79 Å². The molecule has 3 rings (SSSR count). The van der Waals surface area contributed by atoms with Gasteiger partial charge in [-0.25, -0.2) is 4.98 Å². The molecule has 1 atom stereocenters. The number of aromatic nitrogens is 1. The maximum absolute atomic E-state index is 11.9. The first-order valence-electron chi connectivity index (χ1n) is 6.96. The predicted molar refractivity (Wildman–Crippen MR) is 88.9 cm³/mol. The maximum atomic E-state index is 11.9. The topological polar surface area (TPSA) is 54.0 Å². The monoisotopic (exact) mass is 319 g/mol. The van der Waals surface area contributed by atoms with Crippen LogP contribution in [0, 0.1) is 0 Å². The Morgan fingerprint density at radius 1 is 1.48 bits per heavy atom. The highest BCUT2D eigenvalue weighted by molar-refractivity contribution is 8.01. The maximum Gasteiger partial charge on any atom is 0.221 e. The number of nitrogens with zero attached hydrogens (tertiary/aromatic N) is 1. The minimum absolute atomic E-state index is 0.0990. The molecule has 1 aromatic heterocycles. The standard InChI is InChI=1S/C15H17N3OS2/c19-14(17-11-4-3-8-16-10-11)7-9-20-15-18-12-5-1-2-6-13(12)21-15/h1-6,11,16H,7-10H2,(H,17,19). The number of hydrogen-bond donors (Lipinski definition) is 2. The number of fused-ring (bicyclic) bond motifs is 1. The van der Waals surface area contributed by atoms with E-state index in [1.165, 1.54) is 4.70 Å². The fraction of sp³-hybridized carbons (Fsp3) is 0.333. The summed E-state index contributed by atoms with van der Waals surface area (Å²) in [6.07, 6.45) is 4.62. The Labute approximate surface area is 132 Å². The van der Waals surface area contributed by atoms with E-state index in [0.717, 1.165) is 28.7 Å². The van der Waals surface area contributed by atoms with Crippen molar-refractivity contribution in [3.05, 3.63) is 36.4 Å². The van der Waals surface area contributed by atoms with Gasteiger partial charge < -0.3 is 10.6 Å². The van der Waals surface area contributed by atoms with Crippen LogP contribution in [0.15, 0.2) is 40.8 Å². The second kappa shape index (κ2) is 7.06. The second-order valence-corrected chi connectivity index (χ2v) is 7.18. The lowest BCUT2D eigenvalue weighted by molar-refractivity contribution is -0.121. The smallest absolute Gasteiger partial charge is 0.221 e. The first-order chi connectivity index (χ1) is 10.3. The molecule has 2 aromatic rings. The number of nitrogens with one attached hydrogen (secondary N) is 2. The summed E-state index contributed by atoms with van der Waals surface area (Å²) in [4.78, 5) is 16.4. The van der Waals surface area contributed by atoms with Crippen molar-refractivity contribution in [2.75, 3.05) is 18.8 Å². The first kappa shape index (κ1) is 14.6. The van der Waals surface area contributed by atoms with Crippen molar-refractivity contribution in [2.45, 2.75) is 16.8 Å². The molecule has 1 aromatic carbocycles. The van der Waals surface area contributed by atoms with E-state index in [4.69, 9.17) is 0 Å². The lowest BCUT2D eigenvalue weighted by Crippen LogP contribution is -2.43. The zero-order valence-electron chi connectivity index (χ0n) is 11.5. The van der Waals surface area contributed by atoms with Crippen molar-refractivity contribution in [1.82, 2.24) is 15.6 Å². The van der Waals surface area contributed by atoms with Crippen LogP contribution in [-0.4, -0.2) is 35.8 Å². The summed E-state index contributed by atoms with van der Waals surface area (Å²) in [5.74, 6) is 0.858. The average Bonchev–Trinajstić information content (AvgIpc) is 2.91. The first-order valence-corrected chi connectivity index (χ1v) is 8.76. The second-order valence-electron chi connectivity index (χ2n) is 4.81. The minimum Gasteiger partial charge on any atom is -0.349 e. The number of benzene rings is 1. The molecule has 4 nitrogen and oxygen atoms in total. The molecule has 2 heterocycles. The number of thiazole rings is 1. The predicted octanol–water partition coefficient (Wildman–Crippen LogP) is 2.42. The molecular formula is C15H17N3OS2. The Morgan fingerprint density at radius 2 is 2.38 bits per heavy atom. The zero-order chi connectivity index (χ0) is 14.5. The fourth-order valence-corrected chi connectivity index (χ4v) is 4.22. The molecule has 6 heteroatoms. The molecular weight excluding hydrogens is 302 g/mol. The molecule has 0 bridgehead atoms. The van der Waals surface area contributed by atoms with Gasteiger partial charge in [-0.15, -0.1) is 11.3 Å². The number of amides is 1. The third kappa shape index (κ3) is 4.06. The normalized spacial score (nSPS) is 18.0. The van der Waals surface area contributed by atoms with Gasteiger partial charge in [-0.3, -0.25) is 4.79 Å². The van der Waals surface area contributed by atoms with Gasteiger partial charge in [0.15, 0.2) is 4.34 Å². The molecule has 0 spiro atoms. The minimum atomic E-state index is 0.0990. The molecule has 0 radical (unpaired) electrons. The van der Waals surface area contributed by atoms with Gasteiger partial charge in [0.05, 0.1) is 16.3 Å². The molecule has 0 aliphatic carbocycles. The van der Waals surface area contributed by atoms with Crippen LogP contribution < -0.4 is 10.6 Å². The summed E-state index contributed by atoms with van der Waals surface area (Å²) < 4.78 is 2.23. The van der Waals surface area contributed by atoms with Crippen molar-refractivity contribution >= 4 is 39.2 Å². The number of carbonyl (C=O) groups excluding carboxylic acids is 1. The number of rotatable bonds is 5. The van der Waals surface area contributed by atoms with Crippen molar-refractivity contribution in [1.29, 1.82) is 0 Å². The van der Waals surface area contributed by atoms with Crippen molar-refractivity contribution in [3.8, 4) is 0 Å². The van der Waals surface area contributed by atoms with Gasteiger partial charge in [0.2, 0.25) is 5.91 Å². The molecule has 0 saturated carbocycles. The Bertz CT molecular complexity index is 620. The summed E-state index contributed by atoms with van der Waals surface area (Å²) in [6, 6.07) is 8.24. The number of carbonyl (C=O) groups is 1. The van der Waals surface area contributed by atoms with Crippen LogP contribution in [0.5, 0.6) is 0 Å². The molecule has 1 amide bonds. The number of para-hydroxylation sites is 1. The van der Waals surface area contributed by atoms with Crippen LogP contribution in [0.3, 0.4) is 0 Å². The molecule has 1 aliphatic heterocycles. The Morgan fingerprint density at radius 3 is 3.19 bits per heavy atom. The summed E-state index contributed by atoms with van der Waals surface area (Å²) in [5.41, 5.74) is 1.04. The highest BCUT2D eigenvalue weighted by Gasteiger charge is 2.11. The Balaban J connectivity index is 1.45. The lowest BCUT2D eigenvalue weighted by atomic mass is 10.2. The van der Waals surface area contributed by atoms with Gasteiger partial charge in [-0.2, -0.15) is 0 Å². The third-order valence-corrected chi connectivity index (χ3v) is 5.35. The molecule has 1 unspecified atom stereocenters. The molecule has 0 saturated heterocycles. The van der Waals surface area contributed by atoms with Crippen LogP contribution in [0.2, 0.25) is 0 Å². The van der Waals surface area contributed by atoms with E-state index in [2.05, 4.69) is 27.8 Å². The highest BCUT2D eigenvalue weighted by atomic mass is 32.2. The molecule has 0 fully saturated rings. The van der Waals surface area contributed by atoms with Crippen molar-refractivity contribution < 1.29 is 4.79 Å². The highest BCUT2D eigenvalue weighted by Crippen LogP contribution is 2.29. The van der Waals surface area contributed by atoms with E-state index in [9.17, 15) is 4.79 Å². The van der Waals surface area contributed by atoms with E-state index in [-0.39, 0.29) is 11.9 Å². The average molecular weight is 319 g/mol. The van der Waals surface area contributed by atoms with E-state index in [1.807, 2.05) is 24.3 Å². The van der Waals surface area contributed by atoms with Crippen molar-refractivity contribution in [3.63, 3.8) is 0 Å². The van der Waals surface area contributed by atoms with E-state index in [1.54, 1.807) is 23.1 Å². The molecule has 2 N–H and O–H groups in total. The summed E-state index contributed by atoms with van der Waals surface area (Å²) >= 11 is 3.33. The quantitative estimate of drug-likeness (QED) is 0.656. The van der Waals surface area contributed by atoms with Crippen LogP contribution in [0.1, 0.15) is 6.42 Å². The summed E-state index contributed by atoms with van der Waals surface area (Å²) in [5, 5.41) is 6.24. The van der Waals surface area contributed by atoms with Gasteiger partial charge in [0.1, 0.15) is 0 Å². The number of hydrogen-bond acceptors (Lipinski definition) is 5. The fourth-order valence-electron chi connectivity index (χ4n) is 2.14. The van der Waals surface area contributed by atoms with Gasteiger partial charge in [-0.05, 0) is 12.1 Å². The molecule has 21 heavy (non-hydrogen) atoms. The lowest BCUT2D eigenvalue weighted by Gasteiger charge is -2.18. The SMILES string of the molecule is O=C(CCSc1nc2ccccc2s1)NC1C=CCNC1.